The molecule has 1 fully saturated rings. The van der Waals surface area contributed by atoms with E-state index in [0.717, 1.165) is 6.42 Å². The molecule has 6 heteroatoms. The zero-order chi connectivity index (χ0) is 14.4. The van der Waals surface area contributed by atoms with Gasteiger partial charge in [0.2, 0.25) is 0 Å². The second kappa shape index (κ2) is 6.92. The Balaban J connectivity index is 1.93. The van der Waals surface area contributed by atoms with Gasteiger partial charge in [-0.2, -0.15) is 0 Å². The third-order valence-electron chi connectivity index (χ3n) is 3.22. The fourth-order valence-corrected chi connectivity index (χ4v) is 4.05. The van der Waals surface area contributed by atoms with E-state index in [1.807, 2.05) is 0 Å². The number of hydrogen-bond donors (Lipinski definition) is 0. The molecular weight excluding hydrogens is 283 g/mol. The van der Waals surface area contributed by atoms with Gasteiger partial charge in [-0.25, -0.2) is 12.8 Å². The van der Waals surface area contributed by atoms with E-state index >= 15 is 0 Å². The van der Waals surface area contributed by atoms with Crippen molar-refractivity contribution in [3.05, 3.63) is 24.3 Å². The molecule has 0 amide bonds. The number of sulfone groups is 1. The second-order valence-corrected chi connectivity index (χ2v) is 7.15. The minimum Gasteiger partial charge on any atom is -0.489 e. The molecule has 0 spiro atoms. The predicted octanol–water partition coefficient (Wildman–Crippen LogP) is 2.24. The highest BCUT2D eigenvalue weighted by molar-refractivity contribution is 7.91. The Morgan fingerprint density at radius 3 is 2.55 bits per heavy atom. The Bertz CT molecular complexity index is 530. The summed E-state index contributed by atoms with van der Waals surface area (Å²) >= 11 is 0. The average molecular weight is 302 g/mol. The summed E-state index contributed by atoms with van der Waals surface area (Å²) in [5, 5.41) is 0. The number of benzene rings is 1. The molecule has 0 bridgehead atoms. The summed E-state index contributed by atoms with van der Waals surface area (Å²) in [7, 11) is -2.92. The molecule has 0 aromatic heterocycles. The third-order valence-corrected chi connectivity index (χ3v) is 5.11. The maximum atomic E-state index is 12.1. The van der Waals surface area contributed by atoms with Gasteiger partial charge < -0.3 is 9.47 Å². The van der Waals surface area contributed by atoms with E-state index < -0.39 is 16.5 Å². The van der Waals surface area contributed by atoms with Gasteiger partial charge in [0, 0.05) is 5.92 Å². The lowest BCUT2D eigenvalue weighted by Gasteiger charge is -2.22. The molecule has 112 valence electrons. The molecule has 1 aromatic carbocycles. The minimum absolute atomic E-state index is 0.0157. The summed E-state index contributed by atoms with van der Waals surface area (Å²) in [6.07, 6.45) is 1.54. The van der Waals surface area contributed by atoms with Gasteiger partial charge in [-0.3, -0.25) is 0 Å². The van der Waals surface area contributed by atoms with E-state index in [1.165, 1.54) is 0 Å². The molecule has 0 saturated carbocycles. The van der Waals surface area contributed by atoms with Crippen LogP contribution in [0.4, 0.5) is 4.39 Å². The molecule has 1 aliphatic rings. The zero-order valence-corrected chi connectivity index (χ0v) is 12.1. The molecule has 1 aliphatic heterocycles. The van der Waals surface area contributed by atoms with E-state index in [1.54, 1.807) is 24.3 Å². The van der Waals surface area contributed by atoms with Crippen molar-refractivity contribution in [2.75, 3.05) is 31.4 Å². The average Bonchev–Trinajstić information content (AvgIpc) is 2.43. The zero-order valence-electron chi connectivity index (χ0n) is 11.3. The topological polar surface area (TPSA) is 52.6 Å². The molecule has 1 atom stereocenters. The lowest BCUT2D eigenvalue weighted by molar-refractivity contribution is 0.222. The van der Waals surface area contributed by atoms with Gasteiger partial charge in [-0.1, -0.05) is 12.1 Å². The number of hydrogen-bond acceptors (Lipinski definition) is 4. The first-order valence-corrected chi connectivity index (χ1v) is 8.54. The van der Waals surface area contributed by atoms with Crippen LogP contribution in [-0.4, -0.2) is 39.8 Å². The van der Waals surface area contributed by atoms with Crippen LogP contribution in [0.3, 0.4) is 0 Å². The molecule has 1 unspecified atom stereocenters. The number of ether oxygens (including phenoxy) is 2. The summed E-state index contributed by atoms with van der Waals surface area (Å²) in [6, 6.07) is 7.04. The second-order valence-electron chi connectivity index (χ2n) is 4.92. The van der Waals surface area contributed by atoms with Crippen LogP contribution in [0.25, 0.3) is 0 Å². The van der Waals surface area contributed by atoms with E-state index in [9.17, 15) is 12.8 Å². The van der Waals surface area contributed by atoms with Crippen LogP contribution in [0.5, 0.6) is 11.5 Å². The molecule has 20 heavy (non-hydrogen) atoms. The summed E-state index contributed by atoms with van der Waals surface area (Å²) in [6.45, 7) is -0.234. The van der Waals surface area contributed by atoms with Crippen LogP contribution >= 0.6 is 0 Å². The highest BCUT2D eigenvalue weighted by Crippen LogP contribution is 2.28. The molecule has 1 heterocycles. The maximum Gasteiger partial charge on any atom is 0.161 e. The van der Waals surface area contributed by atoms with Crippen LogP contribution in [0.15, 0.2) is 24.3 Å². The quantitative estimate of drug-likeness (QED) is 0.808. The Morgan fingerprint density at radius 1 is 1.20 bits per heavy atom. The van der Waals surface area contributed by atoms with Crippen molar-refractivity contribution in [1.29, 1.82) is 0 Å². The van der Waals surface area contributed by atoms with Crippen molar-refractivity contribution in [2.45, 2.75) is 12.8 Å². The lowest BCUT2D eigenvalue weighted by atomic mass is 10.1. The normalized spacial score (nSPS) is 21.4. The van der Waals surface area contributed by atoms with Crippen molar-refractivity contribution >= 4 is 9.84 Å². The number of alkyl halides is 1. The SMILES string of the molecule is O=S1(=O)CCCC(COc2ccccc2OCCF)C1. The smallest absolute Gasteiger partial charge is 0.161 e. The van der Waals surface area contributed by atoms with E-state index in [-0.39, 0.29) is 24.0 Å². The predicted molar refractivity (Wildman–Crippen MR) is 74.8 cm³/mol. The van der Waals surface area contributed by atoms with Crippen molar-refractivity contribution in [2.24, 2.45) is 5.92 Å². The Kier molecular flexibility index (Phi) is 5.23. The van der Waals surface area contributed by atoms with Crippen LogP contribution < -0.4 is 9.47 Å². The van der Waals surface area contributed by atoms with Gasteiger partial charge in [0.05, 0.1) is 18.1 Å². The Labute approximate surface area is 118 Å². The number of para-hydroxylation sites is 2. The summed E-state index contributed by atoms with van der Waals surface area (Å²) in [4.78, 5) is 0. The van der Waals surface area contributed by atoms with E-state index in [2.05, 4.69) is 0 Å². The number of rotatable bonds is 6. The van der Waals surface area contributed by atoms with Crippen molar-refractivity contribution in [1.82, 2.24) is 0 Å². The number of halogens is 1. The van der Waals surface area contributed by atoms with E-state index in [4.69, 9.17) is 9.47 Å². The molecule has 0 N–H and O–H groups in total. The third kappa shape index (κ3) is 4.37. The molecule has 0 radical (unpaired) electrons. The fraction of sp³-hybridized carbons (Fsp3) is 0.571. The van der Waals surface area contributed by atoms with Gasteiger partial charge >= 0.3 is 0 Å². The van der Waals surface area contributed by atoms with Crippen LogP contribution in [0.2, 0.25) is 0 Å². The van der Waals surface area contributed by atoms with Crippen molar-refractivity contribution in [3.8, 4) is 11.5 Å². The Morgan fingerprint density at radius 2 is 1.90 bits per heavy atom. The minimum atomic E-state index is -2.92. The maximum absolute atomic E-state index is 12.1. The molecule has 0 aliphatic carbocycles. The molecular formula is C14H19FO4S. The molecule has 1 aromatic rings. The molecule has 4 nitrogen and oxygen atoms in total. The first-order valence-electron chi connectivity index (χ1n) is 6.72. The van der Waals surface area contributed by atoms with Crippen molar-refractivity contribution in [3.63, 3.8) is 0 Å². The summed E-state index contributed by atoms with van der Waals surface area (Å²) < 4.78 is 46.2. The van der Waals surface area contributed by atoms with Gasteiger partial charge in [0.1, 0.15) is 13.3 Å². The van der Waals surface area contributed by atoms with Gasteiger partial charge in [0.25, 0.3) is 0 Å². The fourth-order valence-electron chi connectivity index (χ4n) is 2.29. The van der Waals surface area contributed by atoms with Crippen molar-refractivity contribution < 1.29 is 22.3 Å². The summed E-state index contributed by atoms with van der Waals surface area (Å²) in [5.74, 6) is 1.50. The molecule has 2 rings (SSSR count). The monoisotopic (exact) mass is 302 g/mol. The van der Waals surface area contributed by atoms with Gasteiger partial charge in [0.15, 0.2) is 21.3 Å². The highest BCUT2D eigenvalue weighted by atomic mass is 32.2. The largest absolute Gasteiger partial charge is 0.489 e. The van der Waals surface area contributed by atoms with Crippen LogP contribution in [0.1, 0.15) is 12.8 Å². The Hall–Kier alpha value is -1.30. The lowest BCUT2D eigenvalue weighted by Crippen LogP contribution is -2.29. The van der Waals surface area contributed by atoms with Gasteiger partial charge in [-0.15, -0.1) is 0 Å². The first kappa shape index (κ1) is 15.1. The summed E-state index contributed by atoms with van der Waals surface area (Å²) in [5.41, 5.74) is 0. The van der Waals surface area contributed by atoms with E-state index in [0.29, 0.717) is 24.5 Å². The van der Waals surface area contributed by atoms with Crippen LogP contribution in [0, 0.1) is 5.92 Å². The highest BCUT2D eigenvalue weighted by Gasteiger charge is 2.25. The molecule has 1 saturated heterocycles. The standard InChI is InChI=1S/C14H19FO4S/c15-7-8-18-13-5-1-2-6-14(13)19-10-12-4-3-9-20(16,17)11-12/h1-2,5-6,12H,3-4,7-11H2. The van der Waals surface area contributed by atoms with Crippen LogP contribution in [-0.2, 0) is 9.84 Å². The van der Waals surface area contributed by atoms with Gasteiger partial charge in [-0.05, 0) is 25.0 Å². The first-order chi connectivity index (χ1) is 9.61.